The monoisotopic (exact) mass is 520 g/mol. The fourth-order valence-corrected chi connectivity index (χ4v) is 4.36. The molecule has 0 atom stereocenters. The molecule has 1 fully saturated rings. The third-order valence-corrected chi connectivity index (χ3v) is 6.23. The van der Waals surface area contributed by atoms with Gasteiger partial charge in [-0.15, -0.1) is 0 Å². The van der Waals surface area contributed by atoms with Gasteiger partial charge in [-0.05, 0) is 54.2 Å². The number of carboxylic acids is 1. The molecule has 0 aromatic heterocycles. The Hall–Kier alpha value is -4.15. The summed E-state index contributed by atoms with van der Waals surface area (Å²) in [6.07, 6.45) is 1.54. The molecule has 8 nitrogen and oxygen atoms in total. The minimum Gasteiger partial charge on any atom is -0.489 e. The number of amides is 2. The maximum Gasteiger partial charge on any atom is 0.341 e. The van der Waals surface area contributed by atoms with Gasteiger partial charge < -0.3 is 14.6 Å². The lowest BCUT2D eigenvalue weighted by atomic mass is 10.2. The number of nitrogens with one attached hydrogen (secondary N) is 1. The van der Waals surface area contributed by atoms with Crippen LogP contribution >= 0.6 is 24.0 Å². The molecule has 3 aromatic rings. The van der Waals surface area contributed by atoms with Gasteiger partial charge in [0.05, 0.1) is 4.91 Å². The van der Waals surface area contributed by atoms with Crippen LogP contribution in [0.3, 0.4) is 0 Å². The number of hydrazine groups is 1. The number of ether oxygens (including phenoxy) is 2. The smallest absolute Gasteiger partial charge is 0.341 e. The van der Waals surface area contributed by atoms with Crippen molar-refractivity contribution in [2.24, 2.45) is 0 Å². The number of thioether (sulfide) groups is 1. The van der Waals surface area contributed by atoms with E-state index in [9.17, 15) is 14.4 Å². The van der Waals surface area contributed by atoms with Crippen LogP contribution in [0.1, 0.15) is 21.5 Å². The maximum absolute atomic E-state index is 12.9. The number of carbonyl (C=O) groups excluding carboxylic acids is 2. The van der Waals surface area contributed by atoms with Crippen LogP contribution in [-0.2, 0) is 16.2 Å². The number of carbonyl (C=O) groups is 3. The van der Waals surface area contributed by atoms with Gasteiger partial charge in [0.15, 0.2) is 10.9 Å². The average molecular weight is 521 g/mol. The highest BCUT2D eigenvalue weighted by Crippen LogP contribution is 2.33. The molecule has 0 aliphatic carbocycles. The maximum atomic E-state index is 12.9. The number of rotatable bonds is 9. The second-order valence-corrected chi connectivity index (χ2v) is 9.15. The fraction of sp³-hybridized carbons (Fsp3) is 0.0769. The van der Waals surface area contributed by atoms with Gasteiger partial charge in [0.25, 0.3) is 11.8 Å². The Kier molecular flexibility index (Phi) is 7.99. The van der Waals surface area contributed by atoms with Gasteiger partial charge in [-0.1, -0.05) is 60.3 Å². The Morgan fingerprint density at radius 1 is 0.972 bits per heavy atom. The number of para-hydroxylation sites is 1. The Labute approximate surface area is 216 Å². The van der Waals surface area contributed by atoms with Crippen LogP contribution in [0.5, 0.6) is 11.5 Å². The molecule has 0 spiro atoms. The second-order valence-electron chi connectivity index (χ2n) is 7.48. The predicted octanol–water partition coefficient (Wildman–Crippen LogP) is 4.28. The van der Waals surface area contributed by atoms with E-state index < -0.39 is 24.4 Å². The Morgan fingerprint density at radius 2 is 1.67 bits per heavy atom. The zero-order valence-electron chi connectivity index (χ0n) is 18.7. The molecular formula is C26H20N2O6S2. The molecule has 182 valence electrons. The number of thiocarbonyl (C=S) groups is 1. The molecule has 1 aliphatic rings. The van der Waals surface area contributed by atoms with Gasteiger partial charge in [-0.3, -0.25) is 15.0 Å². The first kappa shape index (κ1) is 25.0. The van der Waals surface area contributed by atoms with E-state index in [0.29, 0.717) is 29.2 Å². The summed E-state index contributed by atoms with van der Waals surface area (Å²) in [6.45, 7) is -0.113. The lowest BCUT2D eigenvalue weighted by Gasteiger charge is -2.16. The second kappa shape index (κ2) is 11.5. The van der Waals surface area contributed by atoms with Gasteiger partial charge in [0.1, 0.15) is 18.1 Å². The van der Waals surface area contributed by atoms with E-state index in [1.807, 2.05) is 30.3 Å². The number of carboxylic acid groups (broad SMARTS) is 1. The Bertz CT molecular complexity index is 1330. The summed E-state index contributed by atoms with van der Waals surface area (Å²) < 4.78 is 11.2. The highest BCUT2D eigenvalue weighted by Gasteiger charge is 2.34. The van der Waals surface area contributed by atoms with Gasteiger partial charge in [0, 0.05) is 11.1 Å². The van der Waals surface area contributed by atoms with Crippen LogP contribution in [0, 0.1) is 0 Å². The first-order valence-corrected chi connectivity index (χ1v) is 11.9. The van der Waals surface area contributed by atoms with Crippen LogP contribution in [0.4, 0.5) is 0 Å². The molecule has 2 N–H and O–H groups in total. The summed E-state index contributed by atoms with van der Waals surface area (Å²) >= 11 is 6.30. The lowest BCUT2D eigenvalue weighted by molar-refractivity contribution is -0.139. The SMILES string of the molecule is O=C(O)COc1ccccc1/C=C1/SC(=S)N(NC(=O)c2ccc(OCc3ccccc3)cc2)C1=O. The van der Waals surface area contributed by atoms with Crippen molar-refractivity contribution < 1.29 is 29.0 Å². The third kappa shape index (κ3) is 6.29. The average Bonchev–Trinajstić information content (AvgIpc) is 3.15. The summed E-state index contributed by atoms with van der Waals surface area (Å²) in [5, 5.41) is 9.87. The van der Waals surface area contributed by atoms with Gasteiger partial charge in [-0.2, -0.15) is 5.01 Å². The van der Waals surface area contributed by atoms with Crippen molar-refractivity contribution in [2.75, 3.05) is 6.61 Å². The third-order valence-electron chi connectivity index (χ3n) is 4.93. The molecular weight excluding hydrogens is 500 g/mol. The largest absolute Gasteiger partial charge is 0.489 e. The summed E-state index contributed by atoms with van der Waals surface area (Å²) in [6, 6.07) is 23.0. The van der Waals surface area contributed by atoms with Gasteiger partial charge in [-0.25, -0.2) is 4.79 Å². The molecule has 36 heavy (non-hydrogen) atoms. The molecule has 3 aromatic carbocycles. The van der Waals surface area contributed by atoms with E-state index in [2.05, 4.69) is 5.43 Å². The summed E-state index contributed by atoms with van der Waals surface area (Å²) in [5.74, 6) is -1.22. The van der Waals surface area contributed by atoms with Crippen LogP contribution in [0.2, 0.25) is 0 Å². The van der Waals surface area contributed by atoms with Crippen molar-refractivity contribution in [3.05, 3.63) is 100 Å². The van der Waals surface area contributed by atoms with E-state index in [0.717, 1.165) is 22.3 Å². The van der Waals surface area contributed by atoms with E-state index >= 15 is 0 Å². The zero-order chi connectivity index (χ0) is 25.5. The number of nitrogens with zero attached hydrogens (tertiary/aromatic N) is 1. The van der Waals surface area contributed by atoms with Crippen molar-refractivity contribution in [2.45, 2.75) is 6.61 Å². The molecule has 2 amide bonds. The molecule has 1 saturated heterocycles. The fourth-order valence-electron chi connectivity index (χ4n) is 3.19. The van der Waals surface area contributed by atoms with E-state index in [1.54, 1.807) is 54.6 Å². The van der Waals surface area contributed by atoms with Crippen LogP contribution < -0.4 is 14.9 Å². The minimum absolute atomic E-state index is 0.159. The van der Waals surface area contributed by atoms with Gasteiger partial charge >= 0.3 is 5.97 Å². The normalized spacial score (nSPS) is 14.1. The van der Waals surface area contributed by atoms with Crippen LogP contribution in [0.15, 0.2) is 83.8 Å². The van der Waals surface area contributed by atoms with Crippen molar-refractivity contribution in [3.8, 4) is 11.5 Å². The molecule has 0 unspecified atom stereocenters. The number of hydrogen-bond acceptors (Lipinski definition) is 7. The van der Waals surface area contributed by atoms with Crippen LogP contribution in [-0.4, -0.2) is 38.8 Å². The molecule has 10 heteroatoms. The number of hydrogen-bond donors (Lipinski definition) is 2. The van der Waals surface area contributed by atoms with E-state index in [1.165, 1.54) is 0 Å². The topological polar surface area (TPSA) is 105 Å². The van der Waals surface area contributed by atoms with Crippen molar-refractivity contribution in [3.63, 3.8) is 0 Å². The molecule has 1 aliphatic heterocycles. The summed E-state index contributed by atoms with van der Waals surface area (Å²) in [4.78, 5) is 36.7. The van der Waals surface area contributed by atoms with Crippen LogP contribution in [0.25, 0.3) is 6.08 Å². The zero-order valence-corrected chi connectivity index (χ0v) is 20.4. The Balaban J connectivity index is 1.40. The van der Waals surface area contributed by atoms with E-state index in [4.69, 9.17) is 26.8 Å². The van der Waals surface area contributed by atoms with E-state index in [-0.39, 0.29) is 9.23 Å². The highest BCUT2D eigenvalue weighted by molar-refractivity contribution is 8.26. The summed E-state index contributed by atoms with van der Waals surface area (Å²) in [7, 11) is 0. The first-order chi connectivity index (χ1) is 17.4. The molecule has 0 bridgehead atoms. The van der Waals surface area contributed by atoms with Crippen molar-refractivity contribution in [1.82, 2.24) is 10.4 Å². The predicted molar refractivity (Wildman–Crippen MR) is 139 cm³/mol. The summed E-state index contributed by atoms with van der Waals surface area (Å²) in [5.41, 5.74) is 4.40. The Morgan fingerprint density at radius 3 is 2.39 bits per heavy atom. The van der Waals surface area contributed by atoms with Gasteiger partial charge in [0.2, 0.25) is 0 Å². The molecule has 0 radical (unpaired) electrons. The molecule has 1 heterocycles. The molecule has 0 saturated carbocycles. The lowest BCUT2D eigenvalue weighted by Crippen LogP contribution is -2.44. The van der Waals surface area contributed by atoms with Crippen molar-refractivity contribution >= 4 is 52.2 Å². The number of benzene rings is 3. The van der Waals surface area contributed by atoms with Crippen molar-refractivity contribution in [1.29, 1.82) is 0 Å². The number of aliphatic carboxylic acids is 1. The standard InChI is InChI=1S/C26H20N2O6S2/c29-23(30)16-34-21-9-5-4-8-19(21)14-22-25(32)28(26(35)36-22)27-24(31)18-10-12-20(13-11-18)33-15-17-6-2-1-3-7-17/h1-14H,15-16H2,(H,27,31)(H,29,30)/b22-14+. The molecule has 4 rings (SSSR count). The first-order valence-electron chi connectivity index (χ1n) is 10.7. The quantitative estimate of drug-likeness (QED) is 0.318. The minimum atomic E-state index is -1.12. The highest BCUT2D eigenvalue weighted by atomic mass is 32.2.